The Hall–Kier alpha value is -1.73. The Morgan fingerprint density at radius 2 is 1.87 bits per heavy atom. The molecule has 4 heterocycles. The van der Waals surface area contributed by atoms with Gasteiger partial charge in [-0.05, 0) is 38.1 Å². The fourth-order valence-corrected chi connectivity index (χ4v) is 6.92. The van der Waals surface area contributed by atoms with E-state index in [2.05, 4.69) is 10.2 Å². The van der Waals surface area contributed by atoms with E-state index in [4.69, 9.17) is 5.10 Å². The van der Waals surface area contributed by atoms with Crippen molar-refractivity contribution in [1.82, 2.24) is 24.9 Å². The third-order valence-electron chi connectivity index (χ3n) is 7.78. The summed E-state index contributed by atoms with van der Waals surface area (Å²) in [6.07, 6.45) is -1.11. The average molecular weight is 574 g/mol. The molecular formula is C27H36F5N5OS. The number of β-amino-alcohol motifs (C(OH)–C–C–N with tert-alkyl or cyclic N) is 1. The Kier molecular flexibility index (Phi) is 8.87. The first-order valence-corrected chi connectivity index (χ1v) is 14.7. The summed E-state index contributed by atoms with van der Waals surface area (Å²) < 4.78 is 70.4. The number of fused-ring (bicyclic) bond motifs is 1. The number of nitrogens with one attached hydrogen (secondary N) is 1. The Morgan fingerprint density at radius 3 is 2.59 bits per heavy atom. The molecule has 12 heteroatoms. The van der Waals surface area contributed by atoms with Crippen LogP contribution in [0.1, 0.15) is 42.5 Å². The molecule has 0 radical (unpaired) electrons. The van der Waals surface area contributed by atoms with Crippen LogP contribution in [-0.2, 0) is 25.7 Å². The fraction of sp³-hybridized carbons (Fsp3) is 0.667. The zero-order valence-electron chi connectivity index (χ0n) is 22.0. The van der Waals surface area contributed by atoms with Gasteiger partial charge >= 0.3 is 6.18 Å². The maximum Gasteiger partial charge on any atom is 0.417 e. The van der Waals surface area contributed by atoms with E-state index < -0.39 is 23.8 Å². The smallest absolute Gasteiger partial charge is 0.390 e. The lowest BCUT2D eigenvalue weighted by Crippen LogP contribution is -2.38. The summed E-state index contributed by atoms with van der Waals surface area (Å²) in [7, 11) is 0. The van der Waals surface area contributed by atoms with Gasteiger partial charge in [0, 0.05) is 73.0 Å². The van der Waals surface area contributed by atoms with E-state index >= 15 is 0 Å². The molecule has 0 saturated carbocycles. The zero-order valence-corrected chi connectivity index (χ0v) is 22.8. The van der Waals surface area contributed by atoms with Gasteiger partial charge in [-0.25, -0.2) is 8.78 Å². The third kappa shape index (κ3) is 7.13. The molecule has 5 rings (SSSR count). The fourth-order valence-electron chi connectivity index (χ4n) is 5.81. The number of piperidine rings is 1. The van der Waals surface area contributed by atoms with Crippen LogP contribution >= 0.6 is 11.8 Å². The second-order valence-electron chi connectivity index (χ2n) is 10.8. The minimum absolute atomic E-state index is 0.0724. The van der Waals surface area contributed by atoms with Crippen LogP contribution in [0.4, 0.5) is 22.0 Å². The lowest BCUT2D eigenvalue weighted by molar-refractivity contribution is -0.139. The van der Waals surface area contributed by atoms with Gasteiger partial charge in [0.15, 0.2) is 0 Å². The molecule has 0 bridgehead atoms. The summed E-state index contributed by atoms with van der Waals surface area (Å²) in [5.74, 6) is -2.45. The molecule has 3 aliphatic heterocycles. The number of hydrogen-bond acceptors (Lipinski definition) is 6. The second-order valence-corrected chi connectivity index (χ2v) is 12.0. The summed E-state index contributed by atoms with van der Waals surface area (Å²) in [5, 5.41) is 19.0. The predicted octanol–water partition coefficient (Wildman–Crippen LogP) is 4.49. The van der Waals surface area contributed by atoms with Crippen molar-refractivity contribution in [3.05, 3.63) is 35.0 Å². The lowest BCUT2D eigenvalue weighted by atomic mass is 10.0. The van der Waals surface area contributed by atoms with Gasteiger partial charge in [-0.15, -0.1) is 11.8 Å². The van der Waals surface area contributed by atoms with Gasteiger partial charge in [-0.3, -0.25) is 9.58 Å². The van der Waals surface area contributed by atoms with Crippen LogP contribution < -0.4 is 5.32 Å². The Morgan fingerprint density at radius 1 is 1.08 bits per heavy atom. The highest BCUT2D eigenvalue weighted by Gasteiger charge is 2.38. The molecule has 1 aromatic heterocycles. The number of likely N-dealkylation sites (tertiary alicyclic amines) is 2. The first kappa shape index (κ1) is 28.8. The minimum atomic E-state index is -4.53. The second kappa shape index (κ2) is 12.0. The largest absolute Gasteiger partial charge is 0.417 e. The normalized spacial score (nSPS) is 21.3. The van der Waals surface area contributed by atoms with E-state index in [0.717, 1.165) is 68.0 Å². The van der Waals surface area contributed by atoms with Gasteiger partial charge in [0.25, 0.3) is 5.92 Å². The van der Waals surface area contributed by atoms with Crippen LogP contribution in [0.25, 0.3) is 11.3 Å². The van der Waals surface area contributed by atoms with E-state index in [-0.39, 0.29) is 30.2 Å². The summed E-state index contributed by atoms with van der Waals surface area (Å²) in [4.78, 5) is 3.95. The molecule has 1 atom stereocenters. The van der Waals surface area contributed by atoms with Crippen molar-refractivity contribution < 1.29 is 27.1 Å². The molecule has 1 unspecified atom stereocenters. The number of rotatable bonds is 9. The SMILES string of the molecule is OC(CN1CCCCC1)Cn1nc(-c2ccc(C(F)(F)F)c(SCCN3CCC(F)(F)C3)c2)c2c1CCNC2. The van der Waals surface area contributed by atoms with Crippen molar-refractivity contribution in [3.63, 3.8) is 0 Å². The molecule has 3 aliphatic rings. The monoisotopic (exact) mass is 573 g/mol. The lowest BCUT2D eigenvalue weighted by Gasteiger charge is -2.28. The van der Waals surface area contributed by atoms with Gasteiger partial charge in [0.05, 0.1) is 30.5 Å². The van der Waals surface area contributed by atoms with Crippen molar-refractivity contribution in [2.75, 3.05) is 51.6 Å². The summed E-state index contributed by atoms with van der Waals surface area (Å²) in [6, 6.07) is 4.08. The molecule has 1 aromatic carbocycles. The number of hydrogen-bond donors (Lipinski definition) is 2. The van der Waals surface area contributed by atoms with Gasteiger partial charge in [-0.2, -0.15) is 18.3 Å². The summed E-state index contributed by atoms with van der Waals surface area (Å²) in [5.41, 5.74) is 2.43. The Balaban J connectivity index is 1.36. The van der Waals surface area contributed by atoms with Crippen molar-refractivity contribution in [2.24, 2.45) is 0 Å². The topological polar surface area (TPSA) is 56.6 Å². The van der Waals surface area contributed by atoms with Gasteiger partial charge < -0.3 is 15.3 Å². The number of alkyl halides is 5. The molecule has 0 amide bonds. The van der Waals surface area contributed by atoms with Crippen LogP contribution in [0.15, 0.2) is 23.1 Å². The highest BCUT2D eigenvalue weighted by atomic mass is 32.2. The van der Waals surface area contributed by atoms with Crippen LogP contribution in [0.5, 0.6) is 0 Å². The van der Waals surface area contributed by atoms with Gasteiger partial charge in [0.1, 0.15) is 0 Å². The van der Waals surface area contributed by atoms with E-state index in [1.807, 2.05) is 4.68 Å². The predicted molar refractivity (Wildman–Crippen MR) is 141 cm³/mol. The molecule has 216 valence electrons. The maximum atomic E-state index is 13.8. The summed E-state index contributed by atoms with van der Waals surface area (Å²) >= 11 is 1.04. The van der Waals surface area contributed by atoms with Crippen LogP contribution in [0.3, 0.4) is 0 Å². The number of aliphatic hydroxyl groups is 1. The molecule has 39 heavy (non-hydrogen) atoms. The number of aromatic nitrogens is 2. The van der Waals surface area contributed by atoms with Crippen LogP contribution in [0.2, 0.25) is 0 Å². The number of benzene rings is 1. The molecule has 0 aliphatic carbocycles. The zero-order chi connectivity index (χ0) is 27.6. The van der Waals surface area contributed by atoms with E-state index in [9.17, 15) is 27.1 Å². The maximum absolute atomic E-state index is 13.8. The third-order valence-corrected chi connectivity index (χ3v) is 8.82. The first-order chi connectivity index (χ1) is 18.6. The number of halogens is 5. The van der Waals surface area contributed by atoms with E-state index in [1.54, 1.807) is 4.90 Å². The first-order valence-electron chi connectivity index (χ1n) is 13.7. The Labute approximate surface area is 229 Å². The molecule has 6 nitrogen and oxygen atoms in total. The highest BCUT2D eigenvalue weighted by Crippen LogP contribution is 2.40. The molecule has 0 spiro atoms. The highest BCUT2D eigenvalue weighted by molar-refractivity contribution is 7.99. The quantitative estimate of drug-likeness (QED) is 0.341. The van der Waals surface area contributed by atoms with Gasteiger partial charge in [0.2, 0.25) is 0 Å². The molecular weight excluding hydrogens is 537 g/mol. The number of thioether (sulfide) groups is 1. The van der Waals surface area contributed by atoms with E-state index in [0.29, 0.717) is 37.4 Å². The average Bonchev–Trinajstić information content (AvgIpc) is 3.43. The summed E-state index contributed by atoms with van der Waals surface area (Å²) in [6.45, 7) is 4.40. The van der Waals surface area contributed by atoms with Gasteiger partial charge in [-0.1, -0.05) is 12.5 Å². The van der Waals surface area contributed by atoms with Crippen LogP contribution in [0, 0.1) is 0 Å². The van der Waals surface area contributed by atoms with Crippen molar-refractivity contribution in [2.45, 2.75) is 68.3 Å². The number of aliphatic hydroxyl groups excluding tert-OH is 1. The van der Waals surface area contributed by atoms with Crippen molar-refractivity contribution in [3.8, 4) is 11.3 Å². The molecule has 2 fully saturated rings. The van der Waals surface area contributed by atoms with Crippen molar-refractivity contribution >= 4 is 11.8 Å². The van der Waals surface area contributed by atoms with Crippen LogP contribution in [-0.4, -0.2) is 88.3 Å². The number of nitrogens with zero attached hydrogens (tertiary/aromatic N) is 4. The molecule has 2 saturated heterocycles. The molecule has 2 aromatic rings. The Bertz CT molecular complexity index is 1130. The standard InChI is InChI=1S/C27H36F5N5OS/c28-26(29)7-11-36(18-26)12-13-39-24-14-19(4-5-22(24)27(30,31)32)25-21-15-33-8-6-23(21)37(34-25)17-20(38)16-35-9-2-1-3-10-35/h4-5,14,20,33,38H,1-3,6-13,15-18H2. The molecule has 2 N–H and O–H groups in total. The van der Waals surface area contributed by atoms with E-state index in [1.165, 1.54) is 18.6 Å². The minimum Gasteiger partial charge on any atom is -0.390 e. The van der Waals surface area contributed by atoms with Crippen molar-refractivity contribution in [1.29, 1.82) is 0 Å².